The zero-order valence-corrected chi connectivity index (χ0v) is 15.2. The molecule has 5 nitrogen and oxygen atoms in total. The molecular weight excluding hydrogens is 312 g/mol. The van der Waals surface area contributed by atoms with E-state index in [-0.39, 0.29) is 5.91 Å². The second kappa shape index (κ2) is 8.32. The SMILES string of the molecule is Cc1cc(C(=O)NCCN2CCNCC2)c(C)n1Cc1ccccc1. The Morgan fingerprint density at radius 3 is 2.60 bits per heavy atom. The number of amides is 1. The summed E-state index contributed by atoms with van der Waals surface area (Å²) >= 11 is 0. The second-order valence-electron chi connectivity index (χ2n) is 6.70. The highest BCUT2D eigenvalue weighted by Crippen LogP contribution is 2.17. The van der Waals surface area contributed by atoms with Crippen molar-refractivity contribution in [3.63, 3.8) is 0 Å². The summed E-state index contributed by atoms with van der Waals surface area (Å²) in [6.45, 7) is 10.7. The number of aromatic nitrogens is 1. The molecule has 2 N–H and O–H groups in total. The maximum atomic E-state index is 12.6. The third kappa shape index (κ3) is 4.50. The maximum absolute atomic E-state index is 12.6. The lowest BCUT2D eigenvalue weighted by Gasteiger charge is -2.27. The quantitative estimate of drug-likeness (QED) is 0.843. The van der Waals surface area contributed by atoms with Gasteiger partial charge >= 0.3 is 0 Å². The molecule has 25 heavy (non-hydrogen) atoms. The van der Waals surface area contributed by atoms with Crippen molar-refractivity contribution in [3.05, 3.63) is 58.9 Å². The van der Waals surface area contributed by atoms with Gasteiger partial charge < -0.3 is 15.2 Å². The first-order chi connectivity index (χ1) is 12.1. The fourth-order valence-electron chi connectivity index (χ4n) is 3.40. The van der Waals surface area contributed by atoms with Crippen LogP contribution >= 0.6 is 0 Å². The lowest BCUT2D eigenvalue weighted by atomic mass is 10.2. The second-order valence-corrected chi connectivity index (χ2v) is 6.70. The monoisotopic (exact) mass is 340 g/mol. The van der Waals surface area contributed by atoms with Gasteiger partial charge in [0.2, 0.25) is 0 Å². The van der Waals surface area contributed by atoms with E-state index in [0.717, 1.165) is 56.2 Å². The lowest BCUT2D eigenvalue weighted by Crippen LogP contribution is -2.46. The summed E-state index contributed by atoms with van der Waals surface area (Å²) < 4.78 is 2.21. The Kier molecular flexibility index (Phi) is 5.89. The highest BCUT2D eigenvalue weighted by atomic mass is 16.1. The lowest BCUT2D eigenvalue weighted by molar-refractivity contribution is 0.0946. The van der Waals surface area contributed by atoms with Gasteiger partial charge in [0.05, 0.1) is 5.56 Å². The van der Waals surface area contributed by atoms with Crippen LogP contribution in [0.4, 0.5) is 0 Å². The van der Waals surface area contributed by atoms with Crippen molar-refractivity contribution in [2.24, 2.45) is 0 Å². The van der Waals surface area contributed by atoms with E-state index in [4.69, 9.17) is 0 Å². The van der Waals surface area contributed by atoms with Gasteiger partial charge in [-0.15, -0.1) is 0 Å². The molecule has 0 saturated carbocycles. The summed E-state index contributed by atoms with van der Waals surface area (Å²) in [5, 5.41) is 6.42. The van der Waals surface area contributed by atoms with Crippen molar-refractivity contribution in [2.75, 3.05) is 39.3 Å². The largest absolute Gasteiger partial charge is 0.351 e. The van der Waals surface area contributed by atoms with E-state index in [2.05, 4.69) is 39.2 Å². The molecule has 0 bridgehead atoms. The van der Waals surface area contributed by atoms with E-state index in [1.807, 2.05) is 31.2 Å². The summed E-state index contributed by atoms with van der Waals surface area (Å²) in [7, 11) is 0. The van der Waals surface area contributed by atoms with Crippen LogP contribution in [0.15, 0.2) is 36.4 Å². The number of rotatable bonds is 6. The number of carbonyl (C=O) groups excluding carboxylic acids is 1. The molecule has 1 fully saturated rings. The van der Waals surface area contributed by atoms with Gasteiger partial charge in [-0.25, -0.2) is 0 Å². The normalized spacial score (nSPS) is 15.3. The molecule has 0 radical (unpaired) electrons. The van der Waals surface area contributed by atoms with E-state index < -0.39 is 0 Å². The summed E-state index contributed by atoms with van der Waals surface area (Å²) in [5.41, 5.74) is 4.18. The van der Waals surface area contributed by atoms with Crippen molar-refractivity contribution >= 4 is 5.91 Å². The Morgan fingerprint density at radius 2 is 1.88 bits per heavy atom. The maximum Gasteiger partial charge on any atom is 0.253 e. The molecule has 1 aliphatic heterocycles. The average molecular weight is 340 g/mol. The predicted octanol–water partition coefficient (Wildman–Crippen LogP) is 1.79. The van der Waals surface area contributed by atoms with Crippen LogP contribution in [0.2, 0.25) is 0 Å². The number of aryl methyl sites for hydroxylation is 1. The predicted molar refractivity (Wildman–Crippen MR) is 101 cm³/mol. The van der Waals surface area contributed by atoms with Gasteiger partial charge in [0.25, 0.3) is 5.91 Å². The number of nitrogens with one attached hydrogen (secondary N) is 2. The topological polar surface area (TPSA) is 49.3 Å². The van der Waals surface area contributed by atoms with Gasteiger partial charge in [0.15, 0.2) is 0 Å². The molecule has 3 rings (SSSR count). The summed E-state index contributed by atoms with van der Waals surface area (Å²) in [6.07, 6.45) is 0. The first-order valence-corrected chi connectivity index (χ1v) is 9.07. The molecule has 1 aliphatic rings. The first-order valence-electron chi connectivity index (χ1n) is 9.07. The molecule has 2 aromatic rings. The first kappa shape index (κ1) is 17.7. The van der Waals surface area contributed by atoms with Crippen molar-refractivity contribution in [3.8, 4) is 0 Å². The van der Waals surface area contributed by atoms with Gasteiger partial charge in [-0.2, -0.15) is 0 Å². The van der Waals surface area contributed by atoms with Crippen molar-refractivity contribution in [1.29, 1.82) is 0 Å². The Bertz CT molecular complexity index is 702. The van der Waals surface area contributed by atoms with Crippen molar-refractivity contribution in [2.45, 2.75) is 20.4 Å². The van der Waals surface area contributed by atoms with Crippen LogP contribution in [-0.2, 0) is 6.54 Å². The standard InChI is InChI=1S/C20H28N4O/c1-16-14-19(17(2)24(16)15-18-6-4-3-5-7-18)20(25)22-10-13-23-11-8-21-9-12-23/h3-7,14,21H,8-13,15H2,1-2H3,(H,22,25). The average Bonchev–Trinajstić information content (AvgIpc) is 2.92. The Morgan fingerprint density at radius 1 is 1.16 bits per heavy atom. The van der Waals surface area contributed by atoms with Gasteiger partial charge in [0.1, 0.15) is 0 Å². The zero-order valence-electron chi connectivity index (χ0n) is 15.2. The van der Waals surface area contributed by atoms with E-state index in [1.165, 1.54) is 5.56 Å². The van der Waals surface area contributed by atoms with E-state index in [9.17, 15) is 4.79 Å². The smallest absolute Gasteiger partial charge is 0.253 e. The molecule has 1 aromatic carbocycles. The van der Waals surface area contributed by atoms with Gasteiger partial charge in [-0.05, 0) is 25.5 Å². The Hall–Kier alpha value is -2.11. The van der Waals surface area contributed by atoms with Crippen LogP contribution < -0.4 is 10.6 Å². The zero-order chi connectivity index (χ0) is 17.6. The number of benzene rings is 1. The number of piperazine rings is 1. The fourth-order valence-corrected chi connectivity index (χ4v) is 3.40. The molecule has 0 unspecified atom stereocenters. The minimum Gasteiger partial charge on any atom is -0.351 e. The number of nitrogens with zero attached hydrogens (tertiary/aromatic N) is 2. The van der Waals surface area contributed by atoms with Crippen LogP contribution in [0.5, 0.6) is 0 Å². The van der Waals surface area contributed by atoms with Crippen molar-refractivity contribution < 1.29 is 4.79 Å². The Labute approximate surface area is 150 Å². The minimum atomic E-state index is 0.0301. The number of hydrogen-bond donors (Lipinski definition) is 2. The van der Waals surface area contributed by atoms with Gasteiger partial charge in [0, 0.05) is 57.2 Å². The summed E-state index contributed by atoms with van der Waals surface area (Å²) in [6, 6.07) is 12.4. The Balaban J connectivity index is 1.60. The molecular formula is C20H28N4O. The minimum absolute atomic E-state index is 0.0301. The number of carbonyl (C=O) groups is 1. The molecule has 0 spiro atoms. The van der Waals surface area contributed by atoms with Gasteiger partial charge in [-0.3, -0.25) is 9.69 Å². The molecule has 0 atom stereocenters. The fraction of sp³-hybridized carbons (Fsp3) is 0.450. The highest BCUT2D eigenvalue weighted by Gasteiger charge is 2.16. The van der Waals surface area contributed by atoms with Crippen LogP contribution in [0.3, 0.4) is 0 Å². The summed E-state index contributed by atoms with van der Waals surface area (Å²) in [4.78, 5) is 15.0. The number of hydrogen-bond acceptors (Lipinski definition) is 3. The molecule has 5 heteroatoms. The molecule has 134 valence electrons. The van der Waals surface area contributed by atoms with E-state index in [0.29, 0.717) is 6.54 Å². The molecule has 2 heterocycles. The molecule has 1 saturated heterocycles. The molecule has 1 amide bonds. The summed E-state index contributed by atoms with van der Waals surface area (Å²) in [5.74, 6) is 0.0301. The van der Waals surface area contributed by atoms with Crippen LogP contribution in [0.25, 0.3) is 0 Å². The van der Waals surface area contributed by atoms with E-state index >= 15 is 0 Å². The van der Waals surface area contributed by atoms with Gasteiger partial charge in [-0.1, -0.05) is 30.3 Å². The third-order valence-corrected chi connectivity index (χ3v) is 4.92. The molecule has 1 aromatic heterocycles. The van der Waals surface area contributed by atoms with Crippen LogP contribution in [0.1, 0.15) is 27.3 Å². The van der Waals surface area contributed by atoms with Crippen LogP contribution in [0, 0.1) is 13.8 Å². The highest BCUT2D eigenvalue weighted by molar-refractivity contribution is 5.95. The third-order valence-electron chi connectivity index (χ3n) is 4.92. The van der Waals surface area contributed by atoms with Crippen molar-refractivity contribution in [1.82, 2.24) is 20.1 Å². The molecule has 0 aliphatic carbocycles. The van der Waals surface area contributed by atoms with Crippen LogP contribution in [-0.4, -0.2) is 54.6 Å². The van der Waals surface area contributed by atoms with E-state index in [1.54, 1.807) is 0 Å².